The third-order valence-electron chi connectivity index (χ3n) is 9.74. The van der Waals surface area contributed by atoms with E-state index in [0.717, 1.165) is 17.1 Å². The highest BCUT2D eigenvalue weighted by molar-refractivity contribution is 7.25. The van der Waals surface area contributed by atoms with Gasteiger partial charge in [-0.05, 0) is 107 Å². The number of fused-ring (bicyclic) bond motifs is 7. The van der Waals surface area contributed by atoms with Gasteiger partial charge >= 0.3 is 0 Å². The van der Waals surface area contributed by atoms with Crippen LogP contribution in [0, 0.1) is 0 Å². The van der Waals surface area contributed by atoms with Crippen molar-refractivity contribution in [2.75, 3.05) is 4.90 Å². The summed E-state index contributed by atoms with van der Waals surface area (Å²) in [5.74, 6) is 0. The number of rotatable bonds is 5. The second kappa shape index (κ2) is 11.2. The second-order valence-electron chi connectivity index (χ2n) is 12.6. The van der Waals surface area contributed by atoms with Crippen molar-refractivity contribution in [1.29, 1.82) is 0 Å². The molecular weight excluding hydrogens is 613 g/mol. The molecule has 0 spiro atoms. The van der Waals surface area contributed by atoms with E-state index in [2.05, 4.69) is 191 Å². The molecule has 0 N–H and O–H groups in total. The molecule has 10 rings (SSSR count). The van der Waals surface area contributed by atoms with Crippen molar-refractivity contribution in [3.8, 4) is 16.8 Å². The SMILES string of the molecule is c1ccc(N(c2ccc(-c3ccc4sc5cc6ccccc6cc5c4c3)cc2)c2ccc3c(c2)c2ccccc2n3-c2ccccc2)cc1. The number of hydrogen-bond donors (Lipinski definition) is 0. The normalized spacial score (nSPS) is 11.7. The minimum atomic E-state index is 1.12. The van der Waals surface area contributed by atoms with Crippen LogP contribution in [0.4, 0.5) is 17.1 Å². The zero-order valence-electron chi connectivity index (χ0n) is 26.6. The molecule has 8 aromatic carbocycles. The molecule has 49 heavy (non-hydrogen) atoms. The summed E-state index contributed by atoms with van der Waals surface area (Å²) in [5, 5.41) is 7.71. The van der Waals surface area contributed by atoms with Gasteiger partial charge in [-0.25, -0.2) is 0 Å². The molecule has 0 bridgehead atoms. The van der Waals surface area contributed by atoms with Gasteiger partial charge in [0.15, 0.2) is 0 Å². The zero-order valence-corrected chi connectivity index (χ0v) is 27.4. The molecule has 0 fully saturated rings. The predicted octanol–water partition coefficient (Wildman–Crippen LogP) is 13.4. The van der Waals surface area contributed by atoms with E-state index in [1.54, 1.807) is 0 Å². The van der Waals surface area contributed by atoms with Gasteiger partial charge in [-0.15, -0.1) is 11.3 Å². The molecule has 0 radical (unpaired) electrons. The summed E-state index contributed by atoms with van der Waals surface area (Å²) in [4.78, 5) is 2.36. The Morgan fingerprint density at radius 1 is 0.367 bits per heavy atom. The van der Waals surface area contributed by atoms with Crippen LogP contribution in [-0.4, -0.2) is 4.57 Å². The minimum Gasteiger partial charge on any atom is -0.310 e. The van der Waals surface area contributed by atoms with Crippen LogP contribution in [0.25, 0.3) is 69.6 Å². The van der Waals surface area contributed by atoms with Crippen molar-refractivity contribution in [1.82, 2.24) is 4.57 Å². The van der Waals surface area contributed by atoms with Crippen molar-refractivity contribution in [2.45, 2.75) is 0 Å². The fourth-order valence-corrected chi connectivity index (χ4v) is 8.54. The van der Waals surface area contributed by atoms with Gasteiger partial charge in [0.25, 0.3) is 0 Å². The molecular formula is C46H30N2S. The van der Waals surface area contributed by atoms with Crippen molar-refractivity contribution < 1.29 is 0 Å². The Kier molecular flexibility index (Phi) is 6.39. The molecule has 0 saturated carbocycles. The smallest absolute Gasteiger partial charge is 0.0542 e. The summed E-state index contributed by atoms with van der Waals surface area (Å²) in [6.45, 7) is 0. The topological polar surface area (TPSA) is 8.17 Å². The molecule has 10 aromatic rings. The number of aromatic nitrogens is 1. The largest absolute Gasteiger partial charge is 0.310 e. The number of hydrogen-bond acceptors (Lipinski definition) is 2. The Balaban J connectivity index is 1.08. The molecule has 2 aromatic heterocycles. The van der Waals surface area contributed by atoms with Crippen LogP contribution in [0.3, 0.4) is 0 Å². The molecule has 0 saturated heterocycles. The molecule has 0 atom stereocenters. The molecule has 0 aliphatic rings. The van der Waals surface area contributed by atoms with E-state index in [4.69, 9.17) is 0 Å². The van der Waals surface area contributed by atoms with Crippen molar-refractivity contribution >= 4 is 81.1 Å². The predicted molar refractivity (Wildman–Crippen MR) is 211 cm³/mol. The average molecular weight is 643 g/mol. The van der Waals surface area contributed by atoms with Gasteiger partial charge < -0.3 is 9.47 Å². The van der Waals surface area contributed by atoms with Crippen LogP contribution >= 0.6 is 11.3 Å². The average Bonchev–Trinajstić information content (AvgIpc) is 3.69. The van der Waals surface area contributed by atoms with Crippen molar-refractivity contribution in [2.24, 2.45) is 0 Å². The van der Waals surface area contributed by atoms with Crippen LogP contribution in [0.15, 0.2) is 182 Å². The van der Waals surface area contributed by atoms with Gasteiger partial charge in [-0.2, -0.15) is 0 Å². The summed E-state index contributed by atoms with van der Waals surface area (Å²) < 4.78 is 5.03. The first kappa shape index (κ1) is 27.9. The fourth-order valence-electron chi connectivity index (χ4n) is 7.42. The first-order valence-electron chi connectivity index (χ1n) is 16.7. The zero-order chi connectivity index (χ0) is 32.3. The van der Waals surface area contributed by atoms with E-state index in [-0.39, 0.29) is 0 Å². The van der Waals surface area contributed by atoms with Crippen molar-refractivity contribution in [3.63, 3.8) is 0 Å². The van der Waals surface area contributed by atoms with E-state index in [1.807, 2.05) is 11.3 Å². The van der Waals surface area contributed by atoms with E-state index in [0.29, 0.717) is 0 Å². The third-order valence-corrected chi connectivity index (χ3v) is 10.9. The summed E-state index contributed by atoms with van der Waals surface area (Å²) in [6.07, 6.45) is 0. The van der Waals surface area contributed by atoms with E-state index >= 15 is 0 Å². The Labute approximate surface area is 288 Å². The van der Waals surface area contributed by atoms with Gasteiger partial charge in [0.05, 0.1) is 11.0 Å². The standard InChI is InChI=1S/C46H30N2S/c1-3-13-35(14-4-1)47(38-24-25-44-40(30-38)39-17-9-10-18-43(39)48(44)36-15-5-2-6-16-36)37-22-19-31(20-23-37)34-21-26-45-41(28-34)42-27-32-11-7-8-12-33(32)29-46(42)49-45/h1-30H. The van der Waals surface area contributed by atoms with E-state index in [1.165, 1.54) is 69.6 Å². The molecule has 0 aliphatic carbocycles. The van der Waals surface area contributed by atoms with Crippen LogP contribution in [-0.2, 0) is 0 Å². The van der Waals surface area contributed by atoms with Gasteiger partial charge in [-0.1, -0.05) is 97.1 Å². The Bertz CT molecular complexity index is 2810. The highest BCUT2D eigenvalue weighted by atomic mass is 32.1. The number of thiophene rings is 1. The summed E-state index contributed by atoms with van der Waals surface area (Å²) in [7, 11) is 0. The van der Waals surface area contributed by atoms with Gasteiger partial charge in [0, 0.05) is 53.7 Å². The maximum atomic E-state index is 2.37. The lowest BCUT2D eigenvalue weighted by atomic mass is 10.0. The monoisotopic (exact) mass is 642 g/mol. The van der Waals surface area contributed by atoms with Gasteiger partial charge in [-0.3, -0.25) is 0 Å². The molecule has 0 unspecified atom stereocenters. The Morgan fingerprint density at radius 2 is 0.980 bits per heavy atom. The molecule has 2 heterocycles. The maximum Gasteiger partial charge on any atom is 0.0542 e. The summed E-state index contributed by atoms with van der Waals surface area (Å²) in [6, 6.07) is 66.1. The Morgan fingerprint density at radius 3 is 1.80 bits per heavy atom. The molecule has 3 heteroatoms. The lowest BCUT2D eigenvalue weighted by Gasteiger charge is -2.26. The summed E-state index contributed by atoms with van der Waals surface area (Å²) in [5.41, 5.74) is 9.38. The fraction of sp³-hybridized carbons (Fsp3) is 0. The highest BCUT2D eigenvalue weighted by Gasteiger charge is 2.17. The first-order chi connectivity index (χ1) is 24.3. The number of benzene rings is 8. The van der Waals surface area contributed by atoms with Crippen LogP contribution in [0.5, 0.6) is 0 Å². The van der Waals surface area contributed by atoms with Crippen LogP contribution in [0.1, 0.15) is 0 Å². The molecule has 0 amide bonds. The highest BCUT2D eigenvalue weighted by Crippen LogP contribution is 2.42. The van der Waals surface area contributed by atoms with Crippen LogP contribution in [0.2, 0.25) is 0 Å². The molecule has 230 valence electrons. The number of nitrogens with zero attached hydrogens (tertiary/aromatic N) is 2. The lowest BCUT2D eigenvalue weighted by Crippen LogP contribution is -2.09. The van der Waals surface area contributed by atoms with Crippen molar-refractivity contribution in [3.05, 3.63) is 182 Å². The quantitative estimate of drug-likeness (QED) is 0.181. The summed E-state index contributed by atoms with van der Waals surface area (Å²) >= 11 is 1.88. The lowest BCUT2D eigenvalue weighted by molar-refractivity contribution is 1.18. The number of para-hydroxylation sites is 3. The van der Waals surface area contributed by atoms with Crippen LogP contribution < -0.4 is 4.90 Å². The molecule has 0 aliphatic heterocycles. The third kappa shape index (κ3) is 4.62. The van der Waals surface area contributed by atoms with Gasteiger partial charge in [0.1, 0.15) is 0 Å². The number of anilines is 3. The maximum absolute atomic E-state index is 2.37. The minimum absolute atomic E-state index is 1.12. The van der Waals surface area contributed by atoms with Gasteiger partial charge in [0.2, 0.25) is 0 Å². The second-order valence-corrected chi connectivity index (χ2v) is 13.7. The first-order valence-corrected chi connectivity index (χ1v) is 17.5. The molecule has 2 nitrogen and oxygen atoms in total. The van der Waals surface area contributed by atoms with E-state index in [9.17, 15) is 0 Å². The Hall–Kier alpha value is -6.16. The van der Waals surface area contributed by atoms with E-state index < -0.39 is 0 Å².